The highest BCUT2D eigenvalue weighted by Crippen LogP contribution is 2.27. The molecule has 0 amide bonds. The summed E-state index contributed by atoms with van der Waals surface area (Å²) in [6, 6.07) is 7.44. The van der Waals surface area contributed by atoms with Crippen molar-refractivity contribution in [2.75, 3.05) is 18.1 Å². The normalized spacial score (nSPS) is 24.9. The van der Waals surface area contributed by atoms with Crippen molar-refractivity contribution >= 4 is 16.5 Å². The molecule has 3 atom stereocenters. The number of ether oxygens (including phenoxy) is 1. The molecule has 0 radical (unpaired) electrons. The maximum atomic E-state index is 12.2. The zero-order valence-corrected chi connectivity index (χ0v) is 12.3. The molecule has 1 saturated carbocycles. The van der Waals surface area contributed by atoms with E-state index >= 15 is 0 Å². The Bertz CT molecular complexity index is 436. The van der Waals surface area contributed by atoms with Gasteiger partial charge in [0.1, 0.15) is 5.75 Å². The van der Waals surface area contributed by atoms with Crippen LogP contribution in [0.25, 0.3) is 0 Å². The van der Waals surface area contributed by atoms with Gasteiger partial charge in [-0.15, -0.1) is 0 Å². The summed E-state index contributed by atoms with van der Waals surface area (Å²) in [7, 11) is -0.773. The number of nitrogens with two attached hydrogens (primary N) is 1. The van der Waals surface area contributed by atoms with Crippen LogP contribution < -0.4 is 10.5 Å². The minimum atomic E-state index is -0.773. The molecule has 0 bridgehead atoms. The SMILES string of the molecule is CC1CCCC(S(=O)CCOc2ccccc2N)C1. The van der Waals surface area contributed by atoms with Gasteiger partial charge < -0.3 is 10.5 Å². The first-order valence-corrected chi connectivity index (χ1v) is 8.39. The van der Waals surface area contributed by atoms with Crippen LogP contribution in [0.2, 0.25) is 0 Å². The average Bonchev–Trinajstić information content (AvgIpc) is 2.41. The Morgan fingerprint density at radius 1 is 1.37 bits per heavy atom. The van der Waals surface area contributed by atoms with Gasteiger partial charge in [0.05, 0.1) is 18.0 Å². The molecular weight excluding hydrogens is 258 g/mol. The number of rotatable bonds is 5. The summed E-state index contributed by atoms with van der Waals surface area (Å²) in [5.74, 6) is 2.01. The van der Waals surface area contributed by atoms with E-state index < -0.39 is 10.8 Å². The molecular formula is C15H23NO2S. The fraction of sp³-hybridized carbons (Fsp3) is 0.600. The van der Waals surface area contributed by atoms with E-state index in [9.17, 15) is 4.21 Å². The molecule has 0 aliphatic heterocycles. The van der Waals surface area contributed by atoms with Gasteiger partial charge in [0.25, 0.3) is 0 Å². The minimum absolute atomic E-state index is 0.362. The summed E-state index contributed by atoms with van der Waals surface area (Å²) in [5.41, 5.74) is 6.44. The zero-order chi connectivity index (χ0) is 13.7. The third-order valence-corrected chi connectivity index (χ3v) is 5.46. The second-order valence-electron chi connectivity index (χ2n) is 5.36. The van der Waals surface area contributed by atoms with E-state index in [4.69, 9.17) is 10.5 Å². The second-order valence-corrected chi connectivity index (χ2v) is 7.20. The van der Waals surface area contributed by atoms with Gasteiger partial charge in [0, 0.05) is 16.0 Å². The van der Waals surface area contributed by atoms with Crippen LogP contribution in [-0.4, -0.2) is 21.8 Å². The van der Waals surface area contributed by atoms with Crippen molar-refractivity contribution in [2.24, 2.45) is 5.92 Å². The average molecular weight is 281 g/mol. The molecule has 0 heterocycles. The molecule has 1 aliphatic rings. The lowest BCUT2D eigenvalue weighted by atomic mass is 9.91. The molecule has 3 unspecified atom stereocenters. The van der Waals surface area contributed by atoms with Gasteiger partial charge in [-0.25, -0.2) is 0 Å². The minimum Gasteiger partial charge on any atom is -0.490 e. The van der Waals surface area contributed by atoms with E-state index in [0.717, 1.165) is 12.8 Å². The van der Waals surface area contributed by atoms with Crippen LogP contribution in [0.5, 0.6) is 5.75 Å². The van der Waals surface area contributed by atoms with E-state index in [-0.39, 0.29) is 0 Å². The molecule has 1 aliphatic carbocycles. The molecule has 106 valence electrons. The van der Waals surface area contributed by atoms with Gasteiger partial charge in [0.15, 0.2) is 0 Å². The maximum Gasteiger partial charge on any atom is 0.142 e. The Morgan fingerprint density at radius 2 is 2.16 bits per heavy atom. The molecule has 0 spiro atoms. The molecule has 2 rings (SSSR count). The molecule has 19 heavy (non-hydrogen) atoms. The number of benzene rings is 1. The highest BCUT2D eigenvalue weighted by Gasteiger charge is 2.23. The van der Waals surface area contributed by atoms with Gasteiger partial charge >= 0.3 is 0 Å². The first-order chi connectivity index (χ1) is 9.16. The Morgan fingerprint density at radius 3 is 2.89 bits per heavy atom. The van der Waals surface area contributed by atoms with Gasteiger partial charge in [-0.1, -0.05) is 31.9 Å². The van der Waals surface area contributed by atoms with Crippen LogP contribution in [0.3, 0.4) is 0 Å². The quantitative estimate of drug-likeness (QED) is 0.844. The van der Waals surface area contributed by atoms with E-state index in [0.29, 0.717) is 35.0 Å². The Labute approximate surface area is 118 Å². The van der Waals surface area contributed by atoms with E-state index in [2.05, 4.69) is 6.92 Å². The molecule has 0 aromatic heterocycles. The van der Waals surface area contributed by atoms with Crippen LogP contribution >= 0.6 is 0 Å². The fourth-order valence-electron chi connectivity index (χ4n) is 2.63. The predicted octanol–water partition coefficient (Wildman–Crippen LogP) is 2.98. The fourth-order valence-corrected chi connectivity index (χ4v) is 4.18. The molecule has 1 fully saturated rings. The third kappa shape index (κ3) is 4.23. The molecule has 4 heteroatoms. The van der Waals surface area contributed by atoms with Crippen LogP contribution in [-0.2, 0) is 10.8 Å². The van der Waals surface area contributed by atoms with Crippen molar-refractivity contribution in [3.05, 3.63) is 24.3 Å². The van der Waals surface area contributed by atoms with Crippen LogP contribution in [0, 0.1) is 5.92 Å². The molecule has 0 saturated heterocycles. The summed E-state index contributed by atoms with van der Waals surface area (Å²) in [6.45, 7) is 2.73. The Hall–Kier alpha value is -1.03. The van der Waals surface area contributed by atoms with Crippen molar-refractivity contribution < 1.29 is 8.95 Å². The molecule has 1 aromatic rings. The van der Waals surface area contributed by atoms with Crippen molar-refractivity contribution in [3.8, 4) is 5.75 Å². The molecule has 1 aromatic carbocycles. The summed E-state index contributed by atoms with van der Waals surface area (Å²) >= 11 is 0. The van der Waals surface area contributed by atoms with E-state index in [1.54, 1.807) is 0 Å². The number of nitrogen functional groups attached to an aromatic ring is 1. The molecule has 3 nitrogen and oxygen atoms in total. The number of para-hydroxylation sites is 2. The Kier molecular flexibility index (Phi) is 5.25. The second kappa shape index (κ2) is 6.94. The van der Waals surface area contributed by atoms with E-state index in [1.807, 2.05) is 24.3 Å². The van der Waals surface area contributed by atoms with Gasteiger partial charge in [-0.05, 0) is 30.9 Å². The van der Waals surface area contributed by atoms with Crippen molar-refractivity contribution in [3.63, 3.8) is 0 Å². The van der Waals surface area contributed by atoms with Crippen LogP contribution in [0.15, 0.2) is 24.3 Å². The van der Waals surface area contributed by atoms with Gasteiger partial charge in [0.2, 0.25) is 0 Å². The molecule has 2 N–H and O–H groups in total. The number of hydrogen-bond donors (Lipinski definition) is 1. The highest BCUT2D eigenvalue weighted by molar-refractivity contribution is 7.85. The summed E-state index contributed by atoms with van der Waals surface area (Å²) in [4.78, 5) is 0. The third-order valence-electron chi connectivity index (χ3n) is 3.72. The Balaban J connectivity index is 1.76. The topological polar surface area (TPSA) is 52.3 Å². The van der Waals surface area contributed by atoms with Crippen LogP contribution in [0.1, 0.15) is 32.6 Å². The van der Waals surface area contributed by atoms with Crippen molar-refractivity contribution in [2.45, 2.75) is 37.9 Å². The lowest BCUT2D eigenvalue weighted by Gasteiger charge is -2.26. The van der Waals surface area contributed by atoms with Crippen molar-refractivity contribution in [1.29, 1.82) is 0 Å². The number of hydrogen-bond acceptors (Lipinski definition) is 3. The van der Waals surface area contributed by atoms with Gasteiger partial charge in [-0.3, -0.25) is 4.21 Å². The summed E-state index contributed by atoms with van der Waals surface area (Å²) in [5, 5.41) is 0.362. The van der Waals surface area contributed by atoms with Gasteiger partial charge in [-0.2, -0.15) is 0 Å². The van der Waals surface area contributed by atoms with Crippen LogP contribution in [0.4, 0.5) is 5.69 Å². The summed E-state index contributed by atoms with van der Waals surface area (Å²) < 4.78 is 17.8. The first-order valence-electron chi connectivity index (χ1n) is 7.01. The lowest BCUT2D eigenvalue weighted by Crippen LogP contribution is -2.26. The zero-order valence-electron chi connectivity index (χ0n) is 11.5. The monoisotopic (exact) mass is 281 g/mol. The largest absolute Gasteiger partial charge is 0.490 e. The standard InChI is InChI=1S/C15H23NO2S/c1-12-5-4-6-13(11-12)19(17)10-9-18-15-8-3-2-7-14(15)16/h2-3,7-8,12-13H,4-6,9-11,16H2,1H3. The smallest absolute Gasteiger partial charge is 0.142 e. The van der Waals surface area contributed by atoms with Crippen molar-refractivity contribution in [1.82, 2.24) is 0 Å². The summed E-state index contributed by atoms with van der Waals surface area (Å²) in [6.07, 6.45) is 4.69. The number of anilines is 1. The lowest BCUT2D eigenvalue weighted by molar-refractivity contribution is 0.342. The van der Waals surface area contributed by atoms with E-state index in [1.165, 1.54) is 12.8 Å². The predicted molar refractivity (Wildman–Crippen MR) is 80.8 cm³/mol. The maximum absolute atomic E-state index is 12.2. The first kappa shape index (κ1) is 14.4. The highest BCUT2D eigenvalue weighted by atomic mass is 32.2.